The normalized spacial score (nSPS) is 11.9. The van der Waals surface area contributed by atoms with Crippen LogP contribution in [0.15, 0.2) is 22.7 Å². The molecule has 9 heteroatoms. The van der Waals surface area contributed by atoms with Gasteiger partial charge in [-0.05, 0) is 50.5 Å². The van der Waals surface area contributed by atoms with Crippen LogP contribution in [0.1, 0.15) is 33.8 Å². The zero-order valence-corrected chi connectivity index (χ0v) is 17.6. The van der Waals surface area contributed by atoms with Crippen LogP contribution in [0.3, 0.4) is 0 Å². The molecule has 1 atom stereocenters. The predicted molar refractivity (Wildman–Crippen MR) is 109 cm³/mol. The zero-order valence-electron chi connectivity index (χ0n) is 15.3. The second-order valence-corrected chi connectivity index (χ2v) is 7.78. The van der Waals surface area contributed by atoms with Crippen molar-refractivity contribution in [2.45, 2.75) is 32.9 Å². The van der Waals surface area contributed by atoms with Crippen molar-refractivity contribution in [3.8, 4) is 0 Å². The summed E-state index contributed by atoms with van der Waals surface area (Å²) >= 11 is 13.6. The van der Waals surface area contributed by atoms with Crippen LogP contribution >= 0.6 is 35.0 Å². The van der Waals surface area contributed by atoms with Crippen LogP contribution in [0.2, 0.25) is 10.0 Å². The Bertz CT molecular complexity index is 807. The molecular formula is C18H21Cl2N3O3S. The highest BCUT2D eigenvalue weighted by molar-refractivity contribution is 7.98. The smallest absolute Gasteiger partial charge is 0.253 e. The van der Waals surface area contributed by atoms with Gasteiger partial charge in [0.05, 0.1) is 16.3 Å². The summed E-state index contributed by atoms with van der Waals surface area (Å²) in [6.45, 7) is 3.89. The van der Waals surface area contributed by atoms with E-state index in [0.717, 1.165) is 17.0 Å². The van der Waals surface area contributed by atoms with Crippen molar-refractivity contribution in [2.24, 2.45) is 0 Å². The average molecular weight is 430 g/mol. The SMILES string of the molecule is CSCCC(NC(=O)c1ccc(Cl)cc1Cl)C(=O)NCc1c(C)noc1C. The molecule has 0 aliphatic heterocycles. The fourth-order valence-electron chi connectivity index (χ4n) is 2.47. The summed E-state index contributed by atoms with van der Waals surface area (Å²) in [7, 11) is 0. The number of aryl methyl sites for hydroxylation is 2. The summed E-state index contributed by atoms with van der Waals surface area (Å²) in [5.74, 6) is 0.682. The standard InChI is InChI=1S/C18H21Cl2N3O3S/c1-10-14(11(2)26-23-10)9-21-18(25)16(6-7-27-3)22-17(24)13-5-4-12(19)8-15(13)20/h4-5,8,16H,6-7,9H2,1-3H3,(H,21,25)(H,22,24). The number of thioether (sulfide) groups is 1. The largest absolute Gasteiger partial charge is 0.361 e. The molecule has 0 aliphatic carbocycles. The van der Waals surface area contributed by atoms with Crippen molar-refractivity contribution in [1.29, 1.82) is 0 Å². The third-order valence-corrected chi connectivity index (χ3v) is 5.22. The summed E-state index contributed by atoms with van der Waals surface area (Å²) < 4.78 is 5.10. The van der Waals surface area contributed by atoms with Gasteiger partial charge in [-0.2, -0.15) is 11.8 Å². The molecule has 2 aromatic rings. The number of carbonyl (C=O) groups excluding carboxylic acids is 2. The quantitative estimate of drug-likeness (QED) is 0.666. The molecule has 0 saturated carbocycles. The molecule has 1 heterocycles. The number of aromatic nitrogens is 1. The Balaban J connectivity index is 2.06. The lowest BCUT2D eigenvalue weighted by Gasteiger charge is -2.18. The van der Waals surface area contributed by atoms with Gasteiger partial charge in [-0.15, -0.1) is 0 Å². The van der Waals surface area contributed by atoms with Crippen molar-refractivity contribution in [1.82, 2.24) is 15.8 Å². The van der Waals surface area contributed by atoms with Gasteiger partial charge >= 0.3 is 0 Å². The van der Waals surface area contributed by atoms with Gasteiger partial charge in [-0.25, -0.2) is 0 Å². The highest BCUT2D eigenvalue weighted by Crippen LogP contribution is 2.21. The fraction of sp³-hybridized carbons (Fsp3) is 0.389. The minimum atomic E-state index is -0.683. The van der Waals surface area contributed by atoms with Crippen LogP contribution in [-0.2, 0) is 11.3 Å². The van der Waals surface area contributed by atoms with E-state index >= 15 is 0 Å². The number of hydrogen-bond acceptors (Lipinski definition) is 5. The first-order valence-electron chi connectivity index (χ1n) is 8.27. The number of nitrogens with one attached hydrogen (secondary N) is 2. The van der Waals surface area contributed by atoms with E-state index in [1.54, 1.807) is 24.8 Å². The van der Waals surface area contributed by atoms with Gasteiger partial charge < -0.3 is 15.2 Å². The number of benzene rings is 1. The topological polar surface area (TPSA) is 84.2 Å². The highest BCUT2D eigenvalue weighted by atomic mass is 35.5. The third-order valence-electron chi connectivity index (χ3n) is 4.03. The van der Waals surface area contributed by atoms with Gasteiger partial charge in [0.25, 0.3) is 5.91 Å². The number of rotatable bonds is 8. The monoisotopic (exact) mass is 429 g/mol. The Morgan fingerprint density at radius 3 is 2.63 bits per heavy atom. The molecule has 1 unspecified atom stereocenters. The van der Waals surface area contributed by atoms with Crippen molar-refractivity contribution in [3.05, 3.63) is 50.8 Å². The third kappa shape index (κ3) is 5.89. The molecule has 2 N–H and O–H groups in total. The molecule has 2 amide bonds. The maximum Gasteiger partial charge on any atom is 0.253 e. The summed E-state index contributed by atoms with van der Waals surface area (Å²) in [5, 5.41) is 10.1. The van der Waals surface area contributed by atoms with E-state index in [4.69, 9.17) is 27.7 Å². The lowest BCUT2D eigenvalue weighted by molar-refractivity contribution is -0.123. The number of halogens is 2. The highest BCUT2D eigenvalue weighted by Gasteiger charge is 2.23. The van der Waals surface area contributed by atoms with Gasteiger partial charge in [0, 0.05) is 17.1 Å². The molecule has 1 aromatic carbocycles. The second-order valence-electron chi connectivity index (χ2n) is 5.95. The average Bonchev–Trinajstić information content (AvgIpc) is 2.94. The molecule has 2 rings (SSSR count). The first kappa shape index (κ1) is 21.6. The van der Waals surface area contributed by atoms with Crippen molar-refractivity contribution < 1.29 is 14.1 Å². The Kier molecular flexibility index (Phi) is 8.01. The number of amides is 2. The summed E-state index contributed by atoms with van der Waals surface area (Å²) in [6.07, 6.45) is 2.43. The fourth-order valence-corrected chi connectivity index (χ4v) is 3.43. The lowest BCUT2D eigenvalue weighted by atomic mass is 10.1. The Morgan fingerprint density at radius 2 is 2.04 bits per heavy atom. The minimum Gasteiger partial charge on any atom is -0.361 e. The number of nitrogens with zero attached hydrogens (tertiary/aromatic N) is 1. The van der Waals surface area contributed by atoms with Crippen molar-refractivity contribution in [2.75, 3.05) is 12.0 Å². The molecule has 0 saturated heterocycles. The van der Waals surface area contributed by atoms with E-state index in [-0.39, 0.29) is 23.0 Å². The van der Waals surface area contributed by atoms with E-state index in [2.05, 4.69) is 15.8 Å². The molecule has 6 nitrogen and oxygen atoms in total. The first-order valence-corrected chi connectivity index (χ1v) is 10.4. The van der Waals surface area contributed by atoms with Crippen LogP contribution in [-0.4, -0.2) is 35.0 Å². The van der Waals surface area contributed by atoms with E-state index < -0.39 is 11.9 Å². The summed E-state index contributed by atoms with van der Waals surface area (Å²) in [5.41, 5.74) is 1.83. The van der Waals surface area contributed by atoms with Crippen LogP contribution in [0.25, 0.3) is 0 Å². The van der Waals surface area contributed by atoms with Gasteiger partial charge in [0.1, 0.15) is 11.8 Å². The zero-order chi connectivity index (χ0) is 20.0. The molecule has 0 bridgehead atoms. The lowest BCUT2D eigenvalue weighted by Crippen LogP contribution is -2.47. The van der Waals surface area contributed by atoms with E-state index in [1.807, 2.05) is 13.2 Å². The van der Waals surface area contributed by atoms with Crippen LogP contribution in [0, 0.1) is 13.8 Å². The van der Waals surface area contributed by atoms with E-state index in [1.165, 1.54) is 12.1 Å². The minimum absolute atomic E-state index is 0.236. The molecule has 1 aromatic heterocycles. The van der Waals surface area contributed by atoms with Crippen LogP contribution in [0.4, 0.5) is 0 Å². The van der Waals surface area contributed by atoms with Gasteiger partial charge in [-0.3, -0.25) is 9.59 Å². The Morgan fingerprint density at radius 1 is 1.30 bits per heavy atom. The molecule has 0 radical (unpaired) electrons. The molecule has 0 spiro atoms. The molecule has 0 aliphatic rings. The van der Waals surface area contributed by atoms with Crippen LogP contribution < -0.4 is 10.6 Å². The summed E-state index contributed by atoms with van der Waals surface area (Å²) in [6, 6.07) is 3.92. The van der Waals surface area contributed by atoms with E-state index in [0.29, 0.717) is 17.2 Å². The number of carbonyl (C=O) groups is 2. The predicted octanol–water partition coefficient (Wildman–Crippen LogP) is 3.77. The Labute approximate surface area is 172 Å². The van der Waals surface area contributed by atoms with Crippen molar-refractivity contribution >= 4 is 46.8 Å². The van der Waals surface area contributed by atoms with Crippen molar-refractivity contribution in [3.63, 3.8) is 0 Å². The molecular weight excluding hydrogens is 409 g/mol. The van der Waals surface area contributed by atoms with E-state index in [9.17, 15) is 9.59 Å². The Hall–Kier alpha value is -1.70. The maximum absolute atomic E-state index is 12.6. The van der Waals surface area contributed by atoms with Gasteiger partial charge in [0.15, 0.2) is 0 Å². The summed E-state index contributed by atoms with van der Waals surface area (Å²) in [4.78, 5) is 25.2. The maximum atomic E-state index is 12.6. The van der Waals surface area contributed by atoms with Crippen LogP contribution in [0.5, 0.6) is 0 Å². The molecule has 27 heavy (non-hydrogen) atoms. The second kappa shape index (κ2) is 10.0. The first-order chi connectivity index (χ1) is 12.8. The molecule has 0 fully saturated rings. The molecule has 146 valence electrons. The van der Waals surface area contributed by atoms with Gasteiger partial charge in [0.2, 0.25) is 5.91 Å². The van der Waals surface area contributed by atoms with Gasteiger partial charge in [-0.1, -0.05) is 28.4 Å². The number of hydrogen-bond donors (Lipinski definition) is 2.